The van der Waals surface area contributed by atoms with E-state index in [1.807, 2.05) is 0 Å². The van der Waals surface area contributed by atoms with E-state index in [1.54, 1.807) is 16.3 Å². The standard InChI is InChI=1S/C18H28N8/c1-7-9-25-16(20)14(15(24-25)18(4,5)6)21-22-17-13(11-19)12(3)23-26(17)10-8-2/h7-10,20H2,1-6H3. The predicted octanol–water partition coefficient (Wildman–Crippen LogP) is 4.37. The molecule has 0 aliphatic heterocycles. The molecule has 2 heterocycles. The van der Waals surface area contributed by atoms with E-state index in [9.17, 15) is 5.26 Å². The molecule has 8 heteroatoms. The normalized spacial score (nSPS) is 12.0. The Morgan fingerprint density at radius 1 is 1.08 bits per heavy atom. The second kappa shape index (κ2) is 7.68. The number of hydrogen-bond acceptors (Lipinski definition) is 6. The van der Waals surface area contributed by atoms with Gasteiger partial charge in [0, 0.05) is 18.5 Å². The van der Waals surface area contributed by atoms with Crippen LogP contribution in [0.15, 0.2) is 10.2 Å². The Morgan fingerprint density at radius 3 is 2.23 bits per heavy atom. The van der Waals surface area contributed by atoms with Crippen molar-refractivity contribution in [2.45, 2.75) is 72.9 Å². The largest absolute Gasteiger partial charge is 0.382 e. The van der Waals surface area contributed by atoms with Crippen molar-refractivity contribution in [1.29, 1.82) is 5.26 Å². The third-order valence-corrected chi connectivity index (χ3v) is 4.00. The molecule has 140 valence electrons. The maximum absolute atomic E-state index is 9.44. The first kappa shape index (κ1) is 19.6. The van der Waals surface area contributed by atoms with Crippen molar-refractivity contribution >= 4 is 17.3 Å². The molecule has 2 aromatic rings. The second-order valence-corrected chi connectivity index (χ2v) is 7.37. The maximum Gasteiger partial charge on any atom is 0.191 e. The predicted molar refractivity (Wildman–Crippen MR) is 102 cm³/mol. The van der Waals surface area contributed by atoms with E-state index in [0.29, 0.717) is 35.1 Å². The van der Waals surface area contributed by atoms with E-state index >= 15 is 0 Å². The number of azo groups is 1. The van der Waals surface area contributed by atoms with E-state index in [4.69, 9.17) is 5.73 Å². The molecule has 0 aliphatic carbocycles. The van der Waals surface area contributed by atoms with E-state index in [1.165, 1.54) is 0 Å². The summed E-state index contributed by atoms with van der Waals surface area (Å²) in [5.41, 5.74) is 8.52. The minimum Gasteiger partial charge on any atom is -0.382 e. The molecular weight excluding hydrogens is 328 g/mol. The van der Waals surface area contributed by atoms with Crippen LogP contribution >= 0.6 is 0 Å². The van der Waals surface area contributed by atoms with Crippen molar-refractivity contribution in [3.05, 3.63) is 17.0 Å². The van der Waals surface area contributed by atoms with Gasteiger partial charge in [0.25, 0.3) is 0 Å². The molecule has 0 spiro atoms. The molecular formula is C18H28N8. The Balaban J connectivity index is 2.57. The molecule has 26 heavy (non-hydrogen) atoms. The van der Waals surface area contributed by atoms with Gasteiger partial charge in [-0.25, -0.2) is 9.36 Å². The second-order valence-electron chi connectivity index (χ2n) is 7.37. The number of aryl methyl sites for hydroxylation is 3. The van der Waals surface area contributed by atoms with Gasteiger partial charge in [0.2, 0.25) is 0 Å². The molecule has 8 nitrogen and oxygen atoms in total. The van der Waals surface area contributed by atoms with Crippen LogP contribution in [0.5, 0.6) is 0 Å². The van der Waals surface area contributed by atoms with Crippen LogP contribution in [0, 0.1) is 18.3 Å². The molecule has 0 unspecified atom stereocenters. The van der Waals surface area contributed by atoms with Crippen molar-refractivity contribution in [2.24, 2.45) is 10.2 Å². The Morgan fingerprint density at radius 2 is 1.69 bits per heavy atom. The zero-order chi connectivity index (χ0) is 19.5. The van der Waals surface area contributed by atoms with Crippen LogP contribution in [0.1, 0.15) is 64.4 Å². The van der Waals surface area contributed by atoms with Crippen LogP contribution in [0.2, 0.25) is 0 Å². The fourth-order valence-corrected chi connectivity index (χ4v) is 2.72. The number of nitrogen functional groups attached to an aromatic ring is 1. The number of hydrogen-bond donors (Lipinski definition) is 1. The summed E-state index contributed by atoms with van der Waals surface area (Å²) < 4.78 is 3.50. The first-order chi connectivity index (χ1) is 12.2. The third kappa shape index (κ3) is 3.77. The Hall–Kier alpha value is -2.69. The molecule has 2 rings (SSSR count). The number of anilines is 1. The van der Waals surface area contributed by atoms with E-state index in [-0.39, 0.29) is 5.41 Å². The SMILES string of the molecule is CCCn1nc(C(C)(C)C)c(N=Nc2c(C#N)c(C)nn2CCC)c1N. The fraction of sp³-hybridized carbons (Fsp3) is 0.611. The molecule has 0 amide bonds. The van der Waals surface area contributed by atoms with Crippen molar-refractivity contribution in [2.75, 3.05) is 5.73 Å². The minimum atomic E-state index is -0.223. The maximum atomic E-state index is 9.44. The van der Waals surface area contributed by atoms with Gasteiger partial charge in [0.15, 0.2) is 11.5 Å². The lowest BCUT2D eigenvalue weighted by Crippen LogP contribution is -2.13. The van der Waals surface area contributed by atoms with Crippen LogP contribution in [0.25, 0.3) is 0 Å². The van der Waals surface area contributed by atoms with Gasteiger partial charge in [-0.3, -0.25) is 0 Å². The molecule has 0 saturated carbocycles. The lowest BCUT2D eigenvalue weighted by Gasteiger charge is -2.15. The molecule has 2 N–H and O–H groups in total. The molecule has 0 atom stereocenters. The fourth-order valence-electron chi connectivity index (χ4n) is 2.72. The van der Waals surface area contributed by atoms with Crippen LogP contribution < -0.4 is 5.73 Å². The third-order valence-electron chi connectivity index (χ3n) is 4.00. The topological polar surface area (TPSA) is 110 Å². The summed E-state index contributed by atoms with van der Waals surface area (Å²) in [6.07, 6.45) is 1.81. The number of nitrogens with two attached hydrogens (primary N) is 1. The Bertz CT molecular complexity index is 842. The zero-order valence-electron chi connectivity index (χ0n) is 16.5. The average molecular weight is 356 g/mol. The summed E-state index contributed by atoms with van der Waals surface area (Å²) in [5.74, 6) is 0.965. The van der Waals surface area contributed by atoms with Crippen molar-refractivity contribution in [1.82, 2.24) is 19.6 Å². The van der Waals surface area contributed by atoms with Gasteiger partial charge >= 0.3 is 0 Å². The van der Waals surface area contributed by atoms with Gasteiger partial charge in [-0.2, -0.15) is 15.5 Å². The quantitative estimate of drug-likeness (QED) is 0.774. The van der Waals surface area contributed by atoms with Gasteiger partial charge < -0.3 is 5.73 Å². The molecule has 0 bridgehead atoms. The summed E-state index contributed by atoms with van der Waals surface area (Å²) in [6, 6.07) is 2.17. The number of rotatable bonds is 6. The van der Waals surface area contributed by atoms with Crippen LogP contribution in [0.4, 0.5) is 17.3 Å². The van der Waals surface area contributed by atoms with Gasteiger partial charge in [0.1, 0.15) is 17.5 Å². The molecule has 0 radical (unpaired) electrons. The molecule has 0 aromatic carbocycles. The average Bonchev–Trinajstić information content (AvgIpc) is 3.03. The van der Waals surface area contributed by atoms with Gasteiger partial charge in [-0.15, -0.1) is 10.2 Å². The highest BCUT2D eigenvalue weighted by molar-refractivity contribution is 5.63. The lowest BCUT2D eigenvalue weighted by atomic mass is 9.91. The van der Waals surface area contributed by atoms with Crippen molar-refractivity contribution < 1.29 is 0 Å². The van der Waals surface area contributed by atoms with Crippen LogP contribution in [-0.4, -0.2) is 19.6 Å². The monoisotopic (exact) mass is 356 g/mol. The molecule has 0 saturated heterocycles. The number of aromatic nitrogens is 4. The van der Waals surface area contributed by atoms with Crippen molar-refractivity contribution in [3.8, 4) is 6.07 Å². The summed E-state index contributed by atoms with van der Waals surface area (Å²) in [6.45, 7) is 13.5. The highest BCUT2D eigenvalue weighted by Gasteiger charge is 2.26. The first-order valence-electron chi connectivity index (χ1n) is 9.00. The highest BCUT2D eigenvalue weighted by atomic mass is 15.4. The van der Waals surface area contributed by atoms with E-state index in [0.717, 1.165) is 25.1 Å². The smallest absolute Gasteiger partial charge is 0.191 e. The first-order valence-corrected chi connectivity index (χ1v) is 9.00. The summed E-state index contributed by atoms with van der Waals surface area (Å²) in [4.78, 5) is 0. The summed E-state index contributed by atoms with van der Waals surface area (Å²) in [5, 5.41) is 27.3. The van der Waals surface area contributed by atoms with Crippen molar-refractivity contribution in [3.63, 3.8) is 0 Å². The highest BCUT2D eigenvalue weighted by Crippen LogP contribution is 2.37. The van der Waals surface area contributed by atoms with Crippen LogP contribution in [0.3, 0.4) is 0 Å². The Kier molecular flexibility index (Phi) is 5.80. The van der Waals surface area contributed by atoms with Gasteiger partial charge in [0.05, 0.1) is 11.4 Å². The molecule has 2 aromatic heterocycles. The Labute approximate surface area is 154 Å². The molecule has 0 aliphatic rings. The van der Waals surface area contributed by atoms with Gasteiger partial charge in [-0.05, 0) is 19.8 Å². The molecule has 0 fully saturated rings. The minimum absolute atomic E-state index is 0.223. The lowest BCUT2D eigenvalue weighted by molar-refractivity contribution is 0.531. The van der Waals surface area contributed by atoms with Crippen LogP contribution in [-0.2, 0) is 18.5 Å². The summed E-state index contributed by atoms with van der Waals surface area (Å²) in [7, 11) is 0. The van der Waals surface area contributed by atoms with Gasteiger partial charge in [-0.1, -0.05) is 34.6 Å². The number of nitrogens with zero attached hydrogens (tertiary/aromatic N) is 7. The zero-order valence-corrected chi connectivity index (χ0v) is 16.5. The summed E-state index contributed by atoms with van der Waals surface area (Å²) >= 11 is 0. The number of nitriles is 1. The van der Waals surface area contributed by atoms with E-state index < -0.39 is 0 Å². The van der Waals surface area contributed by atoms with E-state index in [2.05, 4.69) is 61.1 Å².